The quantitative estimate of drug-likeness (QED) is 0.775. The van der Waals surface area contributed by atoms with E-state index >= 15 is 0 Å². The molecule has 2 rings (SSSR count). The lowest BCUT2D eigenvalue weighted by Crippen LogP contribution is -2.48. The maximum Gasteiger partial charge on any atom is 0.0510 e. The fourth-order valence-electron chi connectivity index (χ4n) is 2.66. The van der Waals surface area contributed by atoms with Gasteiger partial charge in [0.15, 0.2) is 0 Å². The number of hydrogen-bond donors (Lipinski definition) is 1. The van der Waals surface area contributed by atoms with E-state index in [1.165, 1.54) is 24.3 Å². The van der Waals surface area contributed by atoms with Crippen LogP contribution in [0.5, 0.6) is 0 Å². The van der Waals surface area contributed by atoms with Crippen LogP contribution in [0.2, 0.25) is 0 Å². The Morgan fingerprint density at radius 3 is 2.93 bits per heavy atom. The van der Waals surface area contributed by atoms with Crippen molar-refractivity contribution in [3.05, 3.63) is 0 Å². The molecule has 2 heterocycles. The van der Waals surface area contributed by atoms with Crippen molar-refractivity contribution in [3.63, 3.8) is 0 Å². The number of likely N-dealkylation sites (N-methyl/N-ethyl adjacent to an activating group) is 1. The highest BCUT2D eigenvalue weighted by Crippen LogP contribution is 2.27. The molecule has 2 aliphatic heterocycles. The van der Waals surface area contributed by atoms with E-state index in [0.717, 1.165) is 25.8 Å². The summed E-state index contributed by atoms with van der Waals surface area (Å²) in [4.78, 5) is 2.51. The lowest BCUT2D eigenvalue weighted by Gasteiger charge is -2.35. The summed E-state index contributed by atoms with van der Waals surface area (Å²) < 4.78 is 5.47. The summed E-state index contributed by atoms with van der Waals surface area (Å²) in [7, 11) is 2.24. The van der Waals surface area contributed by atoms with Crippen molar-refractivity contribution in [2.45, 2.75) is 24.9 Å². The van der Waals surface area contributed by atoms with Crippen molar-refractivity contribution >= 4 is 11.8 Å². The molecule has 3 nitrogen and oxygen atoms in total. The van der Waals surface area contributed by atoms with Gasteiger partial charge in [0.25, 0.3) is 0 Å². The van der Waals surface area contributed by atoms with E-state index in [4.69, 9.17) is 10.5 Å². The molecule has 0 saturated carbocycles. The van der Waals surface area contributed by atoms with Crippen LogP contribution >= 0.6 is 11.8 Å². The molecule has 2 saturated heterocycles. The molecule has 15 heavy (non-hydrogen) atoms. The first-order chi connectivity index (χ1) is 7.33. The molecule has 2 aliphatic rings. The van der Waals surface area contributed by atoms with E-state index in [-0.39, 0.29) is 0 Å². The summed E-state index contributed by atoms with van der Waals surface area (Å²) in [6.07, 6.45) is 2.51. The Morgan fingerprint density at radius 1 is 1.53 bits per heavy atom. The van der Waals surface area contributed by atoms with Crippen LogP contribution in [-0.2, 0) is 4.74 Å². The molecule has 88 valence electrons. The summed E-state index contributed by atoms with van der Waals surface area (Å²) in [6, 6.07) is 1.26. The van der Waals surface area contributed by atoms with Gasteiger partial charge in [-0.1, -0.05) is 0 Å². The minimum absolute atomic E-state index is 0.524. The number of rotatable bonds is 4. The van der Waals surface area contributed by atoms with Gasteiger partial charge in [0.1, 0.15) is 0 Å². The molecule has 2 N–H and O–H groups in total. The van der Waals surface area contributed by atoms with Crippen LogP contribution in [0.3, 0.4) is 0 Å². The van der Waals surface area contributed by atoms with Gasteiger partial charge in [-0.3, -0.25) is 4.90 Å². The van der Waals surface area contributed by atoms with E-state index in [0.29, 0.717) is 12.0 Å². The second-order valence-electron chi connectivity index (χ2n) is 4.61. The summed E-state index contributed by atoms with van der Waals surface area (Å²) >= 11 is 2.07. The molecule has 0 aromatic heterocycles. The molecular weight excluding hydrogens is 208 g/mol. The highest BCUT2D eigenvalue weighted by molar-refractivity contribution is 7.99. The largest absolute Gasteiger partial charge is 0.381 e. The predicted octanol–water partition coefficient (Wildman–Crippen LogP) is 0.787. The Bertz CT molecular complexity index is 191. The molecule has 0 spiro atoms. The lowest BCUT2D eigenvalue weighted by atomic mass is 9.96. The molecule has 0 aliphatic carbocycles. The average Bonchev–Trinajstić information content (AvgIpc) is 2.91. The SMILES string of the molecule is CN(C1CCSC1)C(CN)C1CCOC1. The smallest absolute Gasteiger partial charge is 0.0510 e. The Balaban J connectivity index is 1.91. The van der Waals surface area contributed by atoms with E-state index in [2.05, 4.69) is 23.7 Å². The molecule has 0 amide bonds. The first kappa shape index (κ1) is 11.7. The Hall–Kier alpha value is 0.230. The van der Waals surface area contributed by atoms with Crippen LogP contribution in [0.25, 0.3) is 0 Å². The van der Waals surface area contributed by atoms with Crippen LogP contribution in [0.15, 0.2) is 0 Å². The Morgan fingerprint density at radius 2 is 2.40 bits per heavy atom. The molecule has 0 aromatic rings. The van der Waals surface area contributed by atoms with Crippen molar-refractivity contribution in [3.8, 4) is 0 Å². The average molecular weight is 230 g/mol. The van der Waals surface area contributed by atoms with Gasteiger partial charge in [-0.05, 0) is 25.6 Å². The lowest BCUT2D eigenvalue weighted by molar-refractivity contribution is 0.117. The van der Waals surface area contributed by atoms with Gasteiger partial charge in [-0.2, -0.15) is 11.8 Å². The van der Waals surface area contributed by atoms with Gasteiger partial charge in [0.2, 0.25) is 0 Å². The summed E-state index contributed by atoms with van der Waals surface area (Å²) in [5, 5.41) is 0. The Labute approximate surface area is 96.7 Å². The van der Waals surface area contributed by atoms with Gasteiger partial charge < -0.3 is 10.5 Å². The molecule has 3 atom stereocenters. The summed E-state index contributed by atoms with van der Waals surface area (Å²) in [5.41, 5.74) is 5.92. The normalized spacial score (nSPS) is 33.8. The maximum absolute atomic E-state index is 5.92. The molecule has 2 fully saturated rings. The van der Waals surface area contributed by atoms with Crippen molar-refractivity contribution < 1.29 is 4.74 Å². The highest BCUT2D eigenvalue weighted by Gasteiger charge is 2.32. The molecule has 3 unspecified atom stereocenters. The van der Waals surface area contributed by atoms with Crippen LogP contribution < -0.4 is 5.73 Å². The van der Waals surface area contributed by atoms with Gasteiger partial charge in [-0.15, -0.1) is 0 Å². The standard InChI is InChI=1S/C11H22N2OS/c1-13(10-3-5-15-8-10)11(6-12)9-2-4-14-7-9/h9-11H,2-8,12H2,1H3. The van der Waals surface area contributed by atoms with Crippen molar-refractivity contribution in [1.29, 1.82) is 0 Å². The third kappa shape index (κ3) is 2.67. The molecule has 0 radical (unpaired) electrons. The number of nitrogens with zero attached hydrogens (tertiary/aromatic N) is 1. The van der Waals surface area contributed by atoms with E-state index in [1.807, 2.05) is 0 Å². The third-order valence-electron chi connectivity index (χ3n) is 3.76. The summed E-state index contributed by atoms with van der Waals surface area (Å²) in [5.74, 6) is 3.25. The second kappa shape index (κ2) is 5.53. The molecule has 0 bridgehead atoms. The fraction of sp³-hybridized carbons (Fsp3) is 1.00. The first-order valence-electron chi connectivity index (χ1n) is 5.90. The van der Waals surface area contributed by atoms with Crippen LogP contribution in [0, 0.1) is 5.92 Å². The minimum Gasteiger partial charge on any atom is -0.381 e. The van der Waals surface area contributed by atoms with Gasteiger partial charge in [-0.25, -0.2) is 0 Å². The highest BCUT2D eigenvalue weighted by atomic mass is 32.2. The second-order valence-corrected chi connectivity index (χ2v) is 5.76. The predicted molar refractivity (Wildman–Crippen MR) is 65.3 cm³/mol. The number of nitrogens with two attached hydrogens (primary N) is 1. The number of thioether (sulfide) groups is 1. The number of ether oxygens (including phenoxy) is 1. The molecular formula is C11H22N2OS. The van der Waals surface area contributed by atoms with E-state index in [1.54, 1.807) is 0 Å². The fourth-order valence-corrected chi connectivity index (χ4v) is 3.94. The van der Waals surface area contributed by atoms with E-state index in [9.17, 15) is 0 Å². The zero-order chi connectivity index (χ0) is 10.7. The van der Waals surface area contributed by atoms with Gasteiger partial charge >= 0.3 is 0 Å². The van der Waals surface area contributed by atoms with Crippen molar-refractivity contribution in [1.82, 2.24) is 4.90 Å². The van der Waals surface area contributed by atoms with Gasteiger partial charge in [0.05, 0.1) is 6.61 Å². The molecule has 4 heteroatoms. The molecule has 0 aromatic carbocycles. The van der Waals surface area contributed by atoms with Crippen LogP contribution in [0.1, 0.15) is 12.8 Å². The minimum atomic E-state index is 0.524. The zero-order valence-corrected chi connectivity index (χ0v) is 10.3. The van der Waals surface area contributed by atoms with Crippen molar-refractivity contribution in [2.75, 3.05) is 38.3 Å². The topological polar surface area (TPSA) is 38.5 Å². The number of hydrogen-bond acceptors (Lipinski definition) is 4. The zero-order valence-electron chi connectivity index (χ0n) is 9.52. The van der Waals surface area contributed by atoms with Crippen molar-refractivity contribution in [2.24, 2.45) is 11.7 Å². The first-order valence-corrected chi connectivity index (χ1v) is 7.06. The summed E-state index contributed by atoms with van der Waals surface area (Å²) in [6.45, 7) is 2.60. The van der Waals surface area contributed by atoms with Crippen LogP contribution in [-0.4, -0.2) is 55.3 Å². The third-order valence-corrected chi connectivity index (χ3v) is 4.90. The Kier molecular flexibility index (Phi) is 4.31. The van der Waals surface area contributed by atoms with E-state index < -0.39 is 0 Å². The van der Waals surface area contributed by atoms with Crippen LogP contribution in [0.4, 0.5) is 0 Å². The van der Waals surface area contributed by atoms with Gasteiger partial charge in [0, 0.05) is 36.9 Å². The maximum atomic E-state index is 5.92. The monoisotopic (exact) mass is 230 g/mol.